The number of methoxy groups -OCH3 is 1. The van der Waals surface area contributed by atoms with Gasteiger partial charge in [0, 0.05) is 43.9 Å². The molecule has 1 fully saturated rings. The molecule has 0 atom stereocenters. The van der Waals surface area contributed by atoms with Crippen LogP contribution in [0.15, 0.2) is 12.1 Å². The first kappa shape index (κ1) is 15.1. The topological polar surface area (TPSA) is 44.7 Å². The Bertz CT molecular complexity index is 460. The zero-order valence-corrected chi connectivity index (χ0v) is 13.0. The maximum atomic E-state index is 10.6. The molecule has 1 aromatic rings. The van der Waals surface area contributed by atoms with Gasteiger partial charge in [-0.05, 0) is 17.5 Å². The number of ether oxygens (including phenoxy) is 1. The highest BCUT2D eigenvalue weighted by Gasteiger charge is 2.23. The largest absolute Gasteiger partial charge is 0.507 e. The van der Waals surface area contributed by atoms with Crippen molar-refractivity contribution < 1.29 is 9.84 Å². The second-order valence-electron chi connectivity index (χ2n) is 6.46. The van der Waals surface area contributed by atoms with Gasteiger partial charge in [0.25, 0.3) is 0 Å². The van der Waals surface area contributed by atoms with E-state index in [0.717, 1.165) is 49.6 Å². The van der Waals surface area contributed by atoms with E-state index in [0.29, 0.717) is 5.75 Å². The molecule has 112 valence electrons. The van der Waals surface area contributed by atoms with Crippen molar-refractivity contribution in [1.29, 1.82) is 0 Å². The summed E-state index contributed by atoms with van der Waals surface area (Å²) in [4.78, 5) is 2.36. The Morgan fingerprint density at radius 2 is 1.90 bits per heavy atom. The van der Waals surface area contributed by atoms with E-state index in [9.17, 15) is 5.11 Å². The van der Waals surface area contributed by atoms with Gasteiger partial charge in [0.15, 0.2) is 0 Å². The molecule has 1 aliphatic rings. The number of piperazine rings is 1. The van der Waals surface area contributed by atoms with Gasteiger partial charge in [0.2, 0.25) is 0 Å². The van der Waals surface area contributed by atoms with Crippen LogP contribution in [0.25, 0.3) is 0 Å². The molecule has 0 radical (unpaired) electrons. The highest BCUT2D eigenvalue weighted by Crippen LogP contribution is 2.37. The first-order valence-electron chi connectivity index (χ1n) is 7.25. The molecule has 20 heavy (non-hydrogen) atoms. The summed E-state index contributed by atoms with van der Waals surface area (Å²) in [5.74, 6) is 1.23. The smallest absolute Gasteiger partial charge is 0.124 e. The molecule has 1 aromatic carbocycles. The van der Waals surface area contributed by atoms with Crippen LogP contribution in [0.3, 0.4) is 0 Å². The quantitative estimate of drug-likeness (QED) is 0.889. The molecule has 2 N–H and O–H groups in total. The monoisotopic (exact) mass is 278 g/mol. The summed E-state index contributed by atoms with van der Waals surface area (Å²) in [6.45, 7) is 11.1. The highest BCUT2D eigenvalue weighted by molar-refractivity contribution is 5.49. The van der Waals surface area contributed by atoms with Crippen molar-refractivity contribution in [3.63, 3.8) is 0 Å². The number of aromatic hydroxyl groups is 1. The molecule has 0 spiro atoms. The Balaban J connectivity index is 2.31. The number of rotatable bonds is 3. The lowest BCUT2D eigenvalue weighted by molar-refractivity contribution is 0.230. The molecule has 2 rings (SSSR count). The molecule has 1 saturated heterocycles. The number of hydrogen-bond acceptors (Lipinski definition) is 4. The van der Waals surface area contributed by atoms with Crippen LogP contribution in [0.4, 0.5) is 0 Å². The average molecular weight is 278 g/mol. The lowest BCUT2D eigenvalue weighted by Gasteiger charge is -2.29. The van der Waals surface area contributed by atoms with Crippen molar-refractivity contribution in [3.8, 4) is 11.5 Å². The number of nitrogens with one attached hydrogen (secondary N) is 1. The van der Waals surface area contributed by atoms with Crippen LogP contribution >= 0.6 is 0 Å². The Labute approximate surface area is 121 Å². The summed E-state index contributed by atoms with van der Waals surface area (Å²) >= 11 is 0. The molecule has 4 nitrogen and oxygen atoms in total. The Kier molecular flexibility index (Phi) is 4.55. The van der Waals surface area contributed by atoms with Crippen molar-refractivity contribution in [2.24, 2.45) is 0 Å². The first-order chi connectivity index (χ1) is 9.41. The SMILES string of the molecule is COc1cc(CN2CCNCC2)c(O)c(C(C)(C)C)c1. The van der Waals surface area contributed by atoms with Gasteiger partial charge in [0.1, 0.15) is 11.5 Å². The summed E-state index contributed by atoms with van der Waals surface area (Å²) in [6.07, 6.45) is 0. The van der Waals surface area contributed by atoms with Gasteiger partial charge in [-0.15, -0.1) is 0 Å². The maximum absolute atomic E-state index is 10.6. The zero-order chi connectivity index (χ0) is 14.8. The van der Waals surface area contributed by atoms with Crippen LogP contribution < -0.4 is 10.1 Å². The third-order valence-corrected chi connectivity index (χ3v) is 3.81. The Hall–Kier alpha value is -1.26. The lowest BCUT2D eigenvalue weighted by atomic mass is 9.85. The van der Waals surface area contributed by atoms with Gasteiger partial charge < -0.3 is 15.2 Å². The number of phenolic OH excluding ortho intramolecular Hbond substituents is 1. The van der Waals surface area contributed by atoms with Crippen molar-refractivity contribution in [3.05, 3.63) is 23.3 Å². The number of phenols is 1. The Morgan fingerprint density at radius 1 is 1.25 bits per heavy atom. The molecule has 1 aliphatic heterocycles. The fourth-order valence-corrected chi connectivity index (χ4v) is 2.59. The van der Waals surface area contributed by atoms with Crippen molar-refractivity contribution in [2.75, 3.05) is 33.3 Å². The predicted molar refractivity (Wildman–Crippen MR) is 81.5 cm³/mol. The minimum atomic E-state index is -0.100. The molecule has 1 heterocycles. The minimum absolute atomic E-state index is 0.100. The molecule has 0 saturated carbocycles. The molecule has 0 aromatic heterocycles. The van der Waals surface area contributed by atoms with E-state index in [4.69, 9.17) is 4.74 Å². The number of hydrogen-bond donors (Lipinski definition) is 2. The third kappa shape index (κ3) is 3.44. The van der Waals surface area contributed by atoms with Gasteiger partial charge >= 0.3 is 0 Å². The van der Waals surface area contributed by atoms with E-state index in [-0.39, 0.29) is 5.41 Å². The van der Waals surface area contributed by atoms with Gasteiger partial charge in [0.05, 0.1) is 7.11 Å². The van der Waals surface area contributed by atoms with Crippen LogP contribution in [0.2, 0.25) is 0 Å². The maximum Gasteiger partial charge on any atom is 0.124 e. The molecule has 0 unspecified atom stereocenters. The van der Waals surface area contributed by atoms with Crippen molar-refractivity contribution >= 4 is 0 Å². The van der Waals surface area contributed by atoms with E-state index in [1.807, 2.05) is 12.1 Å². The second-order valence-corrected chi connectivity index (χ2v) is 6.46. The fourth-order valence-electron chi connectivity index (χ4n) is 2.59. The summed E-state index contributed by atoms with van der Waals surface area (Å²) < 4.78 is 5.39. The normalized spacial score (nSPS) is 17.2. The summed E-state index contributed by atoms with van der Waals surface area (Å²) in [5.41, 5.74) is 1.80. The van der Waals surface area contributed by atoms with Crippen molar-refractivity contribution in [1.82, 2.24) is 10.2 Å². The minimum Gasteiger partial charge on any atom is -0.507 e. The molecule has 0 bridgehead atoms. The van der Waals surface area contributed by atoms with Crippen molar-refractivity contribution in [2.45, 2.75) is 32.7 Å². The van der Waals surface area contributed by atoms with Crippen LogP contribution in [0.1, 0.15) is 31.9 Å². The molecule has 0 aliphatic carbocycles. The highest BCUT2D eigenvalue weighted by atomic mass is 16.5. The summed E-state index contributed by atoms with van der Waals surface area (Å²) in [7, 11) is 1.67. The zero-order valence-electron chi connectivity index (χ0n) is 13.0. The number of nitrogens with zero attached hydrogens (tertiary/aromatic N) is 1. The standard InChI is InChI=1S/C16H26N2O2/c1-16(2,3)14-10-13(20-4)9-12(15(14)19)11-18-7-5-17-6-8-18/h9-10,17,19H,5-8,11H2,1-4H3. The Morgan fingerprint density at radius 3 is 2.45 bits per heavy atom. The van der Waals surface area contributed by atoms with Crippen LogP contribution in [-0.4, -0.2) is 43.3 Å². The first-order valence-corrected chi connectivity index (χ1v) is 7.25. The average Bonchev–Trinajstić information content (AvgIpc) is 2.41. The van der Waals surface area contributed by atoms with Crippen LogP contribution in [0, 0.1) is 0 Å². The van der Waals surface area contributed by atoms with Crippen LogP contribution in [0.5, 0.6) is 11.5 Å². The van der Waals surface area contributed by atoms with E-state index in [2.05, 4.69) is 31.0 Å². The molecular weight excluding hydrogens is 252 g/mol. The van der Waals surface area contributed by atoms with E-state index in [1.165, 1.54) is 0 Å². The van der Waals surface area contributed by atoms with Gasteiger partial charge in [-0.3, -0.25) is 4.90 Å². The van der Waals surface area contributed by atoms with E-state index < -0.39 is 0 Å². The lowest BCUT2D eigenvalue weighted by Crippen LogP contribution is -2.42. The fraction of sp³-hybridized carbons (Fsp3) is 0.625. The number of benzene rings is 1. The van der Waals surface area contributed by atoms with Gasteiger partial charge in [-0.2, -0.15) is 0 Å². The van der Waals surface area contributed by atoms with E-state index >= 15 is 0 Å². The van der Waals surface area contributed by atoms with Gasteiger partial charge in [-0.25, -0.2) is 0 Å². The molecule has 0 amide bonds. The molecule has 4 heteroatoms. The van der Waals surface area contributed by atoms with Crippen LogP contribution in [-0.2, 0) is 12.0 Å². The van der Waals surface area contributed by atoms with E-state index in [1.54, 1.807) is 7.11 Å². The second kappa shape index (κ2) is 6.02. The summed E-state index contributed by atoms with van der Waals surface area (Å²) in [5, 5.41) is 13.9. The molecular formula is C16H26N2O2. The third-order valence-electron chi connectivity index (χ3n) is 3.81. The predicted octanol–water partition coefficient (Wildman–Crippen LogP) is 2.10. The van der Waals surface area contributed by atoms with Gasteiger partial charge in [-0.1, -0.05) is 20.8 Å². The summed E-state index contributed by atoms with van der Waals surface area (Å²) in [6, 6.07) is 3.89.